The smallest absolute Gasteiger partial charge is 0.272 e. The van der Waals surface area contributed by atoms with Crippen LogP contribution >= 0.6 is 0 Å². The molecule has 0 amide bonds. The van der Waals surface area contributed by atoms with Crippen LogP contribution < -0.4 is 10.5 Å². The standard InChI is InChI=1S/C7H8F2N4O/c8-5(9)3-14-7-4(6(10)11)1-2-12-13-7/h1-2,5H,3H2,(H3,10,11). The second-order valence-electron chi connectivity index (χ2n) is 2.37. The number of nitrogen functional groups attached to an aromatic ring is 1. The van der Waals surface area contributed by atoms with E-state index in [-0.39, 0.29) is 17.3 Å². The van der Waals surface area contributed by atoms with Crippen molar-refractivity contribution in [3.8, 4) is 5.88 Å². The van der Waals surface area contributed by atoms with Gasteiger partial charge in [-0.3, -0.25) is 5.41 Å². The van der Waals surface area contributed by atoms with Gasteiger partial charge in [-0.2, -0.15) is 5.10 Å². The van der Waals surface area contributed by atoms with Gasteiger partial charge in [-0.15, -0.1) is 5.10 Å². The zero-order valence-corrected chi connectivity index (χ0v) is 7.08. The summed E-state index contributed by atoms with van der Waals surface area (Å²) in [5.41, 5.74) is 5.32. The lowest BCUT2D eigenvalue weighted by Gasteiger charge is -2.06. The summed E-state index contributed by atoms with van der Waals surface area (Å²) in [6, 6.07) is 1.37. The summed E-state index contributed by atoms with van der Waals surface area (Å²) in [6.45, 7) is -0.793. The van der Waals surface area contributed by atoms with Crippen LogP contribution in [0.3, 0.4) is 0 Å². The Bertz CT molecular complexity index is 331. The number of nitrogens with zero attached hydrogens (tertiary/aromatic N) is 2. The highest BCUT2D eigenvalue weighted by Gasteiger charge is 2.10. The molecule has 1 rings (SSSR count). The third-order valence-corrected chi connectivity index (χ3v) is 1.32. The normalized spacial score (nSPS) is 10.2. The van der Waals surface area contributed by atoms with E-state index in [4.69, 9.17) is 11.1 Å². The third kappa shape index (κ3) is 2.61. The van der Waals surface area contributed by atoms with Crippen LogP contribution in [-0.4, -0.2) is 29.1 Å². The van der Waals surface area contributed by atoms with Crippen LogP contribution in [0.15, 0.2) is 12.3 Å². The number of hydrogen-bond donors (Lipinski definition) is 2. The van der Waals surface area contributed by atoms with Crippen LogP contribution in [-0.2, 0) is 0 Å². The summed E-state index contributed by atoms with van der Waals surface area (Å²) in [6.07, 6.45) is -1.30. The molecule has 14 heavy (non-hydrogen) atoms. The van der Waals surface area contributed by atoms with Gasteiger partial charge in [0.2, 0.25) is 5.88 Å². The van der Waals surface area contributed by atoms with Gasteiger partial charge in [-0.05, 0) is 6.07 Å². The molecule has 3 N–H and O–H groups in total. The van der Waals surface area contributed by atoms with E-state index in [0.717, 1.165) is 0 Å². The predicted octanol–water partition coefficient (Wildman–Crippen LogP) is 0.405. The third-order valence-electron chi connectivity index (χ3n) is 1.32. The average Bonchev–Trinajstić information content (AvgIpc) is 2.15. The largest absolute Gasteiger partial charge is 0.470 e. The molecular formula is C7H8F2N4O. The van der Waals surface area contributed by atoms with Gasteiger partial charge in [0.1, 0.15) is 5.84 Å². The van der Waals surface area contributed by atoms with Gasteiger partial charge >= 0.3 is 0 Å². The first kappa shape index (κ1) is 10.3. The van der Waals surface area contributed by atoms with E-state index in [1.807, 2.05) is 0 Å². The number of halogens is 2. The SMILES string of the molecule is N=C(N)c1ccnnc1OCC(F)F. The fourth-order valence-corrected chi connectivity index (χ4v) is 0.772. The Balaban J connectivity index is 2.79. The van der Waals surface area contributed by atoms with Crippen molar-refractivity contribution in [2.45, 2.75) is 6.43 Å². The minimum Gasteiger partial charge on any atom is -0.470 e. The van der Waals surface area contributed by atoms with Crippen LogP contribution in [0, 0.1) is 5.41 Å². The van der Waals surface area contributed by atoms with Crippen LogP contribution in [0.2, 0.25) is 0 Å². The number of nitrogens with one attached hydrogen (secondary N) is 1. The summed E-state index contributed by atoms with van der Waals surface area (Å²) in [4.78, 5) is 0. The second-order valence-corrected chi connectivity index (χ2v) is 2.37. The molecule has 0 fully saturated rings. The highest BCUT2D eigenvalue weighted by molar-refractivity contribution is 5.96. The first-order chi connectivity index (χ1) is 6.61. The molecule has 0 aliphatic carbocycles. The number of amidine groups is 1. The zero-order valence-electron chi connectivity index (χ0n) is 7.08. The van der Waals surface area contributed by atoms with E-state index in [0.29, 0.717) is 0 Å². The van der Waals surface area contributed by atoms with Crippen molar-refractivity contribution in [1.82, 2.24) is 10.2 Å². The van der Waals surface area contributed by atoms with Crippen molar-refractivity contribution in [2.75, 3.05) is 6.61 Å². The van der Waals surface area contributed by atoms with E-state index < -0.39 is 13.0 Å². The molecule has 1 aromatic rings. The molecule has 7 heteroatoms. The van der Waals surface area contributed by atoms with Gasteiger partial charge in [0.05, 0.1) is 11.8 Å². The summed E-state index contributed by atoms with van der Waals surface area (Å²) in [7, 11) is 0. The second kappa shape index (κ2) is 4.45. The van der Waals surface area contributed by atoms with Crippen molar-refractivity contribution < 1.29 is 13.5 Å². The Morgan fingerprint density at radius 3 is 2.93 bits per heavy atom. The number of alkyl halides is 2. The molecule has 5 nitrogen and oxygen atoms in total. The van der Waals surface area contributed by atoms with Crippen LogP contribution in [0.4, 0.5) is 8.78 Å². The highest BCUT2D eigenvalue weighted by Crippen LogP contribution is 2.12. The Hall–Kier alpha value is -1.79. The van der Waals surface area contributed by atoms with Crippen molar-refractivity contribution in [3.05, 3.63) is 17.8 Å². The minimum absolute atomic E-state index is 0.152. The molecule has 0 aliphatic heterocycles. The van der Waals surface area contributed by atoms with E-state index in [9.17, 15) is 8.78 Å². The number of hydrogen-bond acceptors (Lipinski definition) is 4. The molecule has 0 aromatic carbocycles. The first-order valence-electron chi connectivity index (χ1n) is 3.68. The first-order valence-corrected chi connectivity index (χ1v) is 3.68. The van der Waals surface area contributed by atoms with Gasteiger partial charge < -0.3 is 10.5 Å². The zero-order chi connectivity index (χ0) is 10.6. The summed E-state index contributed by atoms with van der Waals surface area (Å²) in [5, 5.41) is 14.0. The van der Waals surface area contributed by atoms with Crippen molar-refractivity contribution in [3.63, 3.8) is 0 Å². The van der Waals surface area contributed by atoms with Crippen molar-refractivity contribution in [2.24, 2.45) is 5.73 Å². The Morgan fingerprint density at radius 2 is 2.36 bits per heavy atom. The Labute approximate surface area is 78.4 Å². The fourth-order valence-electron chi connectivity index (χ4n) is 0.772. The molecule has 0 aliphatic rings. The molecular weight excluding hydrogens is 194 g/mol. The minimum atomic E-state index is -2.60. The fraction of sp³-hybridized carbons (Fsp3) is 0.286. The monoisotopic (exact) mass is 202 g/mol. The maximum atomic E-state index is 11.8. The van der Waals surface area contributed by atoms with Crippen molar-refractivity contribution >= 4 is 5.84 Å². The van der Waals surface area contributed by atoms with Gasteiger partial charge in [0.15, 0.2) is 6.61 Å². The van der Waals surface area contributed by atoms with Gasteiger partial charge in [-0.25, -0.2) is 8.78 Å². The molecule has 0 saturated carbocycles. The van der Waals surface area contributed by atoms with E-state index in [2.05, 4.69) is 14.9 Å². The maximum Gasteiger partial charge on any atom is 0.272 e. The maximum absolute atomic E-state index is 11.8. The van der Waals surface area contributed by atoms with Crippen LogP contribution in [0.1, 0.15) is 5.56 Å². The molecule has 0 radical (unpaired) electrons. The van der Waals surface area contributed by atoms with Crippen molar-refractivity contribution in [1.29, 1.82) is 5.41 Å². The molecule has 0 unspecified atom stereocenters. The molecule has 0 spiro atoms. The van der Waals surface area contributed by atoms with Gasteiger partial charge in [-0.1, -0.05) is 0 Å². The Morgan fingerprint density at radius 1 is 1.64 bits per heavy atom. The quantitative estimate of drug-likeness (QED) is 0.546. The number of aromatic nitrogens is 2. The van der Waals surface area contributed by atoms with Gasteiger partial charge in [0, 0.05) is 0 Å². The summed E-state index contributed by atoms with van der Waals surface area (Å²) < 4.78 is 28.2. The average molecular weight is 202 g/mol. The number of ether oxygens (including phenoxy) is 1. The lowest BCUT2D eigenvalue weighted by molar-refractivity contribution is 0.0789. The lowest BCUT2D eigenvalue weighted by atomic mass is 10.3. The van der Waals surface area contributed by atoms with Crippen LogP contribution in [0.25, 0.3) is 0 Å². The topological polar surface area (TPSA) is 84.9 Å². The predicted molar refractivity (Wildman–Crippen MR) is 44.5 cm³/mol. The highest BCUT2D eigenvalue weighted by atomic mass is 19.3. The van der Waals surface area contributed by atoms with Crippen LogP contribution in [0.5, 0.6) is 5.88 Å². The molecule has 1 aromatic heterocycles. The molecule has 0 saturated heterocycles. The lowest BCUT2D eigenvalue weighted by Crippen LogP contribution is -2.16. The van der Waals surface area contributed by atoms with E-state index in [1.165, 1.54) is 12.3 Å². The van der Waals surface area contributed by atoms with E-state index >= 15 is 0 Å². The number of rotatable bonds is 4. The van der Waals surface area contributed by atoms with Gasteiger partial charge in [0.25, 0.3) is 6.43 Å². The molecule has 0 bridgehead atoms. The van der Waals surface area contributed by atoms with E-state index in [1.54, 1.807) is 0 Å². The molecule has 0 atom stereocenters. The number of nitrogens with two attached hydrogens (primary N) is 1. The molecule has 1 heterocycles. The Kier molecular flexibility index (Phi) is 3.27. The summed E-state index contributed by atoms with van der Waals surface area (Å²) >= 11 is 0. The summed E-state index contributed by atoms with van der Waals surface area (Å²) in [5.74, 6) is -0.454. The molecule has 76 valence electrons.